The molecular formula is C11H14N4O. The van der Waals surface area contributed by atoms with Crippen LogP contribution in [0.2, 0.25) is 0 Å². The molecule has 2 aromatic heterocycles. The summed E-state index contributed by atoms with van der Waals surface area (Å²) in [7, 11) is 0. The van der Waals surface area contributed by atoms with E-state index in [0.29, 0.717) is 0 Å². The molecule has 1 aliphatic rings. The predicted octanol–water partition coefficient (Wildman–Crippen LogP) is 1.13. The van der Waals surface area contributed by atoms with Gasteiger partial charge in [-0.15, -0.1) is 5.10 Å². The number of hydrogen-bond acceptors (Lipinski definition) is 4. The molecule has 3 heterocycles. The van der Waals surface area contributed by atoms with Crippen LogP contribution >= 0.6 is 0 Å². The van der Waals surface area contributed by atoms with Gasteiger partial charge in [0.25, 0.3) is 0 Å². The Kier molecular flexibility index (Phi) is 2.25. The summed E-state index contributed by atoms with van der Waals surface area (Å²) >= 11 is 0. The molecule has 0 bridgehead atoms. The number of aryl methyl sites for hydroxylation is 1. The summed E-state index contributed by atoms with van der Waals surface area (Å²) in [5, 5.41) is 11.7. The first-order valence-corrected chi connectivity index (χ1v) is 5.58. The van der Waals surface area contributed by atoms with Crippen molar-refractivity contribution in [3.05, 3.63) is 35.5 Å². The first-order valence-electron chi connectivity index (χ1n) is 5.58. The third-order valence-electron chi connectivity index (χ3n) is 2.97. The highest BCUT2D eigenvalue weighted by atomic mass is 16.3. The van der Waals surface area contributed by atoms with Crippen LogP contribution in [0.15, 0.2) is 22.9 Å². The summed E-state index contributed by atoms with van der Waals surface area (Å²) in [5.41, 5.74) is 2.15. The van der Waals surface area contributed by atoms with Gasteiger partial charge in [0.15, 0.2) is 0 Å². The zero-order chi connectivity index (χ0) is 11.0. The van der Waals surface area contributed by atoms with Gasteiger partial charge in [0, 0.05) is 25.1 Å². The highest BCUT2D eigenvalue weighted by Gasteiger charge is 2.25. The number of rotatable bonds is 2. The van der Waals surface area contributed by atoms with Crippen LogP contribution in [0.5, 0.6) is 0 Å². The molecule has 0 saturated carbocycles. The van der Waals surface area contributed by atoms with Gasteiger partial charge in [0.05, 0.1) is 18.5 Å². The first-order chi connectivity index (χ1) is 7.88. The second-order valence-electron chi connectivity index (χ2n) is 3.94. The molecule has 1 N–H and O–H groups in total. The number of nitrogens with zero attached hydrogens (tertiary/aromatic N) is 3. The lowest BCUT2D eigenvalue weighted by molar-refractivity contribution is 0.453. The molecule has 0 amide bonds. The Morgan fingerprint density at radius 2 is 2.56 bits per heavy atom. The Hall–Kier alpha value is -1.62. The number of nitrogens with one attached hydrogen (secondary N) is 1. The standard InChI is InChI=1S/C11H14N4O/c1-2-15-7-9(13-14-15)11-8-4-6-16-10(8)3-5-12-11/h4,6-7,11-12H,2-3,5H2,1H3. The molecule has 0 fully saturated rings. The second-order valence-corrected chi connectivity index (χ2v) is 3.94. The van der Waals surface area contributed by atoms with Crippen LogP contribution in [0.1, 0.15) is 30.0 Å². The van der Waals surface area contributed by atoms with Gasteiger partial charge in [0.1, 0.15) is 11.5 Å². The molecule has 5 heteroatoms. The fraction of sp³-hybridized carbons (Fsp3) is 0.455. The van der Waals surface area contributed by atoms with Crippen molar-refractivity contribution < 1.29 is 4.42 Å². The summed E-state index contributed by atoms with van der Waals surface area (Å²) in [6.45, 7) is 3.82. The first kappa shape index (κ1) is 9.59. The summed E-state index contributed by atoms with van der Waals surface area (Å²) in [6.07, 6.45) is 4.68. The minimum Gasteiger partial charge on any atom is -0.469 e. The molecule has 84 valence electrons. The van der Waals surface area contributed by atoms with Gasteiger partial charge in [0.2, 0.25) is 0 Å². The number of hydrogen-bond donors (Lipinski definition) is 1. The van der Waals surface area contributed by atoms with E-state index < -0.39 is 0 Å². The molecule has 1 aliphatic heterocycles. The molecule has 0 saturated heterocycles. The summed E-state index contributed by atoms with van der Waals surface area (Å²) in [5.74, 6) is 1.06. The van der Waals surface area contributed by atoms with Crippen LogP contribution in [0, 0.1) is 0 Å². The molecule has 0 aliphatic carbocycles. The Bertz CT molecular complexity index is 488. The SMILES string of the molecule is CCn1cc(C2NCCc3occc32)nn1. The van der Waals surface area contributed by atoms with Gasteiger partial charge in [-0.25, -0.2) is 0 Å². The van der Waals surface area contributed by atoms with Crippen LogP contribution < -0.4 is 5.32 Å². The van der Waals surface area contributed by atoms with Crippen LogP contribution in [0.3, 0.4) is 0 Å². The van der Waals surface area contributed by atoms with E-state index in [0.717, 1.165) is 31.0 Å². The Balaban J connectivity index is 1.97. The van der Waals surface area contributed by atoms with Crippen molar-refractivity contribution in [2.24, 2.45) is 0 Å². The molecule has 3 rings (SSSR count). The fourth-order valence-corrected chi connectivity index (χ4v) is 2.12. The lowest BCUT2D eigenvalue weighted by Gasteiger charge is -2.20. The van der Waals surface area contributed by atoms with Gasteiger partial charge < -0.3 is 9.73 Å². The fourth-order valence-electron chi connectivity index (χ4n) is 2.12. The summed E-state index contributed by atoms with van der Waals surface area (Å²) < 4.78 is 7.28. The Morgan fingerprint density at radius 1 is 1.62 bits per heavy atom. The van der Waals surface area contributed by atoms with Crippen LogP contribution in [-0.4, -0.2) is 21.5 Å². The molecule has 2 aromatic rings. The second kappa shape index (κ2) is 3.75. The van der Waals surface area contributed by atoms with E-state index in [2.05, 4.69) is 22.6 Å². The monoisotopic (exact) mass is 218 g/mol. The Morgan fingerprint density at radius 3 is 3.38 bits per heavy atom. The van der Waals surface area contributed by atoms with Crippen molar-refractivity contribution in [1.29, 1.82) is 0 Å². The predicted molar refractivity (Wildman–Crippen MR) is 58.0 cm³/mol. The summed E-state index contributed by atoms with van der Waals surface area (Å²) in [4.78, 5) is 0. The van der Waals surface area contributed by atoms with Crippen LogP contribution in [0.4, 0.5) is 0 Å². The third-order valence-corrected chi connectivity index (χ3v) is 2.97. The van der Waals surface area contributed by atoms with Crippen molar-refractivity contribution in [2.75, 3.05) is 6.54 Å². The van der Waals surface area contributed by atoms with Crippen molar-refractivity contribution in [3.63, 3.8) is 0 Å². The van der Waals surface area contributed by atoms with E-state index >= 15 is 0 Å². The molecular weight excluding hydrogens is 204 g/mol. The van der Waals surface area contributed by atoms with E-state index in [-0.39, 0.29) is 6.04 Å². The number of aromatic nitrogens is 3. The topological polar surface area (TPSA) is 55.9 Å². The maximum absolute atomic E-state index is 5.45. The maximum atomic E-state index is 5.45. The van der Waals surface area contributed by atoms with Crippen molar-refractivity contribution in [3.8, 4) is 0 Å². The van der Waals surface area contributed by atoms with E-state index in [4.69, 9.17) is 4.42 Å². The quantitative estimate of drug-likeness (QED) is 0.820. The molecule has 1 unspecified atom stereocenters. The van der Waals surface area contributed by atoms with E-state index in [9.17, 15) is 0 Å². The molecule has 0 spiro atoms. The van der Waals surface area contributed by atoms with Crippen LogP contribution in [-0.2, 0) is 13.0 Å². The van der Waals surface area contributed by atoms with Gasteiger partial charge in [-0.2, -0.15) is 0 Å². The molecule has 0 aromatic carbocycles. The largest absolute Gasteiger partial charge is 0.469 e. The van der Waals surface area contributed by atoms with Gasteiger partial charge >= 0.3 is 0 Å². The van der Waals surface area contributed by atoms with E-state index in [1.165, 1.54) is 5.56 Å². The molecule has 16 heavy (non-hydrogen) atoms. The van der Waals surface area contributed by atoms with Crippen molar-refractivity contribution in [2.45, 2.75) is 25.9 Å². The highest BCUT2D eigenvalue weighted by Crippen LogP contribution is 2.27. The van der Waals surface area contributed by atoms with E-state index in [1.807, 2.05) is 16.9 Å². The lowest BCUT2D eigenvalue weighted by atomic mass is 10.00. The van der Waals surface area contributed by atoms with Gasteiger partial charge in [-0.05, 0) is 13.0 Å². The smallest absolute Gasteiger partial charge is 0.110 e. The van der Waals surface area contributed by atoms with Crippen molar-refractivity contribution in [1.82, 2.24) is 20.3 Å². The zero-order valence-electron chi connectivity index (χ0n) is 9.18. The number of fused-ring (bicyclic) bond motifs is 1. The minimum absolute atomic E-state index is 0.128. The maximum Gasteiger partial charge on any atom is 0.110 e. The Labute approximate surface area is 93.4 Å². The average molecular weight is 218 g/mol. The highest BCUT2D eigenvalue weighted by molar-refractivity contribution is 5.30. The number of furan rings is 1. The third kappa shape index (κ3) is 1.44. The normalized spacial score (nSPS) is 19.7. The molecule has 0 radical (unpaired) electrons. The molecule has 5 nitrogen and oxygen atoms in total. The minimum atomic E-state index is 0.128. The van der Waals surface area contributed by atoms with Gasteiger partial charge in [-0.3, -0.25) is 4.68 Å². The van der Waals surface area contributed by atoms with Gasteiger partial charge in [-0.1, -0.05) is 5.21 Å². The molecule has 1 atom stereocenters. The van der Waals surface area contributed by atoms with Crippen molar-refractivity contribution >= 4 is 0 Å². The van der Waals surface area contributed by atoms with E-state index in [1.54, 1.807) is 6.26 Å². The summed E-state index contributed by atoms with van der Waals surface area (Å²) in [6, 6.07) is 2.14. The lowest BCUT2D eigenvalue weighted by Crippen LogP contribution is -2.29. The average Bonchev–Trinajstić information content (AvgIpc) is 2.97. The van der Waals surface area contributed by atoms with Crippen LogP contribution in [0.25, 0.3) is 0 Å². The zero-order valence-corrected chi connectivity index (χ0v) is 9.18.